The minimum absolute atomic E-state index is 0.193. The van der Waals surface area contributed by atoms with Gasteiger partial charge in [0, 0.05) is 5.57 Å². The normalized spacial score (nSPS) is 14.0. The topological polar surface area (TPSA) is 122 Å². The molecule has 0 fully saturated rings. The Morgan fingerprint density at radius 1 is 1.35 bits per heavy atom. The third-order valence-electron chi connectivity index (χ3n) is 3.86. The van der Waals surface area contributed by atoms with Gasteiger partial charge in [0.2, 0.25) is 5.91 Å². The first-order chi connectivity index (χ1) is 11.0. The van der Waals surface area contributed by atoms with Crippen LogP contribution in [0.4, 0.5) is 0 Å². The maximum absolute atomic E-state index is 11.9. The summed E-state index contributed by atoms with van der Waals surface area (Å²) < 4.78 is 0. The molecule has 1 aliphatic carbocycles. The van der Waals surface area contributed by atoms with Crippen molar-refractivity contribution in [2.45, 2.75) is 26.2 Å². The summed E-state index contributed by atoms with van der Waals surface area (Å²) in [4.78, 5) is 23.4. The van der Waals surface area contributed by atoms with Crippen molar-refractivity contribution < 1.29 is 9.59 Å². The van der Waals surface area contributed by atoms with E-state index in [1.165, 1.54) is 0 Å². The highest BCUT2D eigenvalue weighted by atomic mass is 16.2. The Hall–Kier alpha value is -2.91. The number of nitrogens with two attached hydrogens (primary N) is 2. The molecule has 0 radical (unpaired) electrons. The molecule has 0 atom stereocenters. The number of nitrogens with one attached hydrogen (secondary N) is 1. The Labute approximate surface area is 134 Å². The first-order valence-corrected chi connectivity index (χ1v) is 7.19. The fourth-order valence-corrected chi connectivity index (χ4v) is 2.64. The van der Waals surface area contributed by atoms with Crippen LogP contribution in [0.25, 0.3) is 0 Å². The van der Waals surface area contributed by atoms with Gasteiger partial charge in [0.25, 0.3) is 5.91 Å². The van der Waals surface area contributed by atoms with Crippen LogP contribution in [0.1, 0.15) is 41.3 Å². The molecule has 0 saturated heterocycles. The van der Waals surface area contributed by atoms with Crippen LogP contribution >= 0.6 is 0 Å². The van der Waals surface area contributed by atoms with E-state index in [0.29, 0.717) is 12.0 Å². The van der Waals surface area contributed by atoms with E-state index < -0.39 is 5.91 Å². The minimum Gasteiger partial charge on any atom is -0.366 e. The maximum Gasteiger partial charge on any atom is 0.265 e. The number of amides is 2. The third kappa shape index (κ3) is 3.65. The number of allylic oxidation sites excluding steroid dienone is 2. The van der Waals surface area contributed by atoms with Gasteiger partial charge < -0.3 is 5.73 Å². The van der Waals surface area contributed by atoms with Crippen molar-refractivity contribution in [3.05, 3.63) is 57.7 Å². The first kappa shape index (κ1) is 16.5. The molecule has 23 heavy (non-hydrogen) atoms. The van der Waals surface area contributed by atoms with Crippen LogP contribution in [0.15, 0.2) is 41.0 Å². The Bertz CT molecular complexity index is 769. The number of hydrogen-bond acceptors (Lipinski definition) is 4. The minimum atomic E-state index is -0.642. The van der Waals surface area contributed by atoms with Crippen molar-refractivity contribution in [1.82, 2.24) is 5.43 Å². The van der Waals surface area contributed by atoms with Crippen molar-refractivity contribution in [2.75, 3.05) is 0 Å². The molecule has 0 unspecified atom stereocenters. The molecule has 1 aromatic carbocycles. The van der Waals surface area contributed by atoms with E-state index in [1.54, 1.807) is 18.2 Å². The maximum atomic E-state index is 11.9. The van der Waals surface area contributed by atoms with Gasteiger partial charge in [-0.1, -0.05) is 23.3 Å². The molecule has 2 amide bonds. The summed E-state index contributed by atoms with van der Waals surface area (Å²) in [6.07, 6.45) is 3.95. The van der Waals surface area contributed by atoms with E-state index in [9.17, 15) is 9.59 Å². The van der Waals surface area contributed by atoms with Gasteiger partial charge in [0.15, 0.2) is 0 Å². The molecule has 0 spiro atoms. The number of nitriles is 1. The highest BCUT2D eigenvalue weighted by Crippen LogP contribution is 2.27. The van der Waals surface area contributed by atoms with Crippen LogP contribution in [0, 0.1) is 11.3 Å². The van der Waals surface area contributed by atoms with E-state index in [-0.39, 0.29) is 17.0 Å². The lowest BCUT2D eigenvalue weighted by atomic mass is 9.88. The number of rotatable bonds is 4. The average Bonchev–Trinajstić information content (AvgIpc) is 2.55. The predicted octanol–water partition coefficient (Wildman–Crippen LogP) is 1.23. The van der Waals surface area contributed by atoms with Gasteiger partial charge in [-0.3, -0.25) is 15.0 Å². The van der Waals surface area contributed by atoms with Crippen LogP contribution < -0.4 is 17.0 Å². The number of benzene rings is 1. The second-order valence-electron chi connectivity index (χ2n) is 5.51. The molecule has 0 aliphatic heterocycles. The van der Waals surface area contributed by atoms with Crippen LogP contribution in [0.3, 0.4) is 0 Å². The highest BCUT2D eigenvalue weighted by molar-refractivity contribution is 5.97. The summed E-state index contributed by atoms with van der Waals surface area (Å²) in [5.41, 5.74) is 11.4. The number of hydrogen-bond donors (Lipinski definition) is 3. The molecule has 0 bridgehead atoms. The molecule has 6 heteroatoms. The van der Waals surface area contributed by atoms with E-state index in [4.69, 9.17) is 16.8 Å². The highest BCUT2D eigenvalue weighted by Gasteiger charge is 2.18. The van der Waals surface area contributed by atoms with Crippen LogP contribution in [-0.2, 0) is 11.2 Å². The first-order valence-electron chi connectivity index (χ1n) is 7.19. The SMILES string of the molecule is CC1=CC(C(=O)NN)=C(Cc2ccc(C#N)c(C(N)=O)c2)CC1. The molecule has 2 rings (SSSR count). The van der Waals surface area contributed by atoms with E-state index in [0.717, 1.165) is 29.6 Å². The van der Waals surface area contributed by atoms with Gasteiger partial charge in [-0.25, -0.2) is 5.84 Å². The lowest BCUT2D eigenvalue weighted by Crippen LogP contribution is -2.32. The summed E-state index contributed by atoms with van der Waals surface area (Å²) in [6, 6.07) is 6.89. The lowest BCUT2D eigenvalue weighted by molar-refractivity contribution is -0.117. The quantitative estimate of drug-likeness (QED) is 0.439. The van der Waals surface area contributed by atoms with Gasteiger partial charge in [-0.2, -0.15) is 5.26 Å². The fourth-order valence-electron chi connectivity index (χ4n) is 2.64. The standard InChI is InChI=1S/C17H18N4O2/c1-10-2-4-12(15(6-10)17(23)21-20)7-11-3-5-13(9-18)14(8-11)16(19)22/h3,5-6,8H,2,4,7,20H2,1H3,(H2,19,22)(H,21,23). The molecule has 6 nitrogen and oxygen atoms in total. The predicted molar refractivity (Wildman–Crippen MR) is 85.7 cm³/mol. The Balaban J connectivity index is 2.41. The summed E-state index contributed by atoms with van der Waals surface area (Å²) in [5, 5.41) is 9.01. The van der Waals surface area contributed by atoms with Crippen molar-refractivity contribution >= 4 is 11.8 Å². The molecule has 1 aliphatic rings. The second kappa shape index (κ2) is 6.90. The van der Waals surface area contributed by atoms with Crippen molar-refractivity contribution in [1.29, 1.82) is 5.26 Å². The lowest BCUT2D eigenvalue weighted by Gasteiger charge is -2.18. The van der Waals surface area contributed by atoms with Crippen molar-refractivity contribution in [2.24, 2.45) is 11.6 Å². The van der Waals surface area contributed by atoms with Crippen LogP contribution in [-0.4, -0.2) is 11.8 Å². The number of carbonyl (C=O) groups excluding carboxylic acids is 2. The average molecular weight is 310 g/mol. The zero-order valence-corrected chi connectivity index (χ0v) is 12.8. The van der Waals surface area contributed by atoms with Gasteiger partial charge in [0.05, 0.1) is 17.2 Å². The molecule has 0 saturated carbocycles. The summed E-state index contributed by atoms with van der Waals surface area (Å²) in [7, 11) is 0. The number of carbonyl (C=O) groups is 2. The summed E-state index contributed by atoms with van der Waals surface area (Å²) in [5.74, 6) is 4.27. The number of nitrogens with zero attached hydrogens (tertiary/aromatic N) is 1. The van der Waals surface area contributed by atoms with Gasteiger partial charge in [-0.15, -0.1) is 0 Å². The van der Waals surface area contributed by atoms with E-state index >= 15 is 0 Å². The zero-order chi connectivity index (χ0) is 17.0. The van der Waals surface area contributed by atoms with Crippen LogP contribution in [0.2, 0.25) is 0 Å². The number of hydrazine groups is 1. The molecular weight excluding hydrogens is 292 g/mol. The monoisotopic (exact) mass is 310 g/mol. The molecule has 5 N–H and O–H groups in total. The van der Waals surface area contributed by atoms with Gasteiger partial charge >= 0.3 is 0 Å². The molecule has 118 valence electrons. The molecule has 0 heterocycles. The Kier molecular flexibility index (Phi) is 4.94. The third-order valence-corrected chi connectivity index (χ3v) is 3.86. The van der Waals surface area contributed by atoms with E-state index in [2.05, 4.69) is 5.43 Å². The van der Waals surface area contributed by atoms with E-state index in [1.807, 2.05) is 19.1 Å². The second-order valence-corrected chi connectivity index (χ2v) is 5.51. The van der Waals surface area contributed by atoms with Gasteiger partial charge in [0.1, 0.15) is 0 Å². The smallest absolute Gasteiger partial charge is 0.265 e. The Morgan fingerprint density at radius 3 is 2.70 bits per heavy atom. The number of primary amides is 1. The largest absolute Gasteiger partial charge is 0.366 e. The van der Waals surface area contributed by atoms with Gasteiger partial charge in [-0.05, 0) is 43.9 Å². The summed E-state index contributed by atoms with van der Waals surface area (Å²) in [6.45, 7) is 1.97. The molecule has 0 aromatic heterocycles. The molecule has 1 aromatic rings. The zero-order valence-electron chi connectivity index (χ0n) is 12.8. The van der Waals surface area contributed by atoms with Crippen molar-refractivity contribution in [3.63, 3.8) is 0 Å². The fraction of sp³-hybridized carbons (Fsp3) is 0.235. The summed E-state index contributed by atoms with van der Waals surface area (Å²) >= 11 is 0. The van der Waals surface area contributed by atoms with Crippen LogP contribution in [0.5, 0.6) is 0 Å². The van der Waals surface area contributed by atoms with Crippen molar-refractivity contribution in [3.8, 4) is 6.07 Å². The Morgan fingerprint density at radius 2 is 2.09 bits per heavy atom. The molecular formula is C17H18N4O2.